The summed E-state index contributed by atoms with van der Waals surface area (Å²) in [6, 6.07) is 34.5. The molecule has 0 spiro atoms. The second-order valence-electron chi connectivity index (χ2n) is 11.0. The molecule has 4 nitrogen and oxygen atoms in total. The van der Waals surface area contributed by atoms with E-state index in [1.807, 2.05) is 0 Å². The fourth-order valence-electron chi connectivity index (χ4n) is 5.52. The molecule has 1 fully saturated rings. The SMILES string of the molecule is CC1(C)OB(c2ccc3c(c2)c2ccc4ccn(-c5ccccc5)c4c2n3-c2ccccc2)OC1(C)C. The Labute approximate surface area is 217 Å². The first-order chi connectivity index (χ1) is 17.8. The molecule has 6 aromatic rings. The van der Waals surface area contributed by atoms with Gasteiger partial charge in [0.05, 0.1) is 27.8 Å². The molecule has 7 rings (SSSR count). The van der Waals surface area contributed by atoms with Crippen LogP contribution < -0.4 is 5.46 Å². The molecule has 1 saturated heterocycles. The predicted molar refractivity (Wildman–Crippen MR) is 153 cm³/mol. The summed E-state index contributed by atoms with van der Waals surface area (Å²) in [5.74, 6) is 0. The van der Waals surface area contributed by atoms with Crippen LogP contribution in [-0.2, 0) is 9.31 Å². The Kier molecular flexibility index (Phi) is 4.75. The van der Waals surface area contributed by atoms with Crippen LogP contribution in [0.4, 0.5) is 0 Å². The molecule has 0 unspecified atom stereocenters. The average Bonchev–Trinajstić information content (AvgIpc) is 3.54. The lowest BCUT2D eigenvalue weighted by Gasteiger charge is -2.32. The van der Waals surface area contributed by atoms with E-state index in [-0.39, 0.29) is 11.2 Å². The molecular formula is C32H29BN2O2. The quantitative estimate of drug-likeness (QED) is 0.253. The minimum Gasteiger partial charge on any atom is -0.399 e. The number of para-hydroxylation sites is 2. The Morgan fingerprint density at radius 2 is 1.27 bits per heavy atom. The van der Waals surface area contributed by atoms with Gasteiger partial charge in [0.15, 0.2) is 0 Å². The number of hydrogen-bond acceptors (Lipinski definition) is 2. The summed E-state index contributed by atoms with van der Waals surface area (Å²) in [6.07, 6.45) is 2.17. The van der Waals surface area contributed by atoms with Crippen LogP contribution >= 0.6 is 0 Å². The Bertz CT molecular complexity index is 1770. The van der Waals surface area contributed by atoms with Crippen molar-refractivity contribution >= 4 is 45.3 Å². The summed E-state index contributed by atoms with van der Waals surface area (Å²) in [5, 5.41) is 3.61. The molecule has 3 heterocycles. The molecule has 0 radical (unpaired) electrons. The van der Waals surface area contributed by atoms with E-state index in [9.17, 15) is 0 Å². The first kappa shape index (κ1) is 22.4. The van der Waals surface area contributed by atoms with Gasteiger partial charge in [0, 0.05) is 33.7 Å². The highest BCUT2D eigenvalue weighted by Gasteiger charge is 2.51. The summed E-state index contributed by atoms with van der Waals surface area (Å²) in [4.78, 5) is 0. The first-order valence-corrected chi connectivity index (χ1v) is 12.9. The van der Waals surface area contributed by atoms with Crippen LogP contribution in [0.25, 0.3) is 44.1 Å². The summed E-state index contributed by atoms with van der Waals surface area (Å²) >= 11 is 0. The van der Waals surface area contributed by atoms with Crippen LogP contribution in [0.15, 0.2) is 103 Å². The van der Waals surface area contributed by atoms with Gasteiger partial charge in [0.25, 0.3) is 0 Å². The highest BCUT2D eigenvalue weighted by atomic mass is 16.7. The molecule has 0 bridgehead atoms. The highest BCUT2D eigenvalue weighted by molar-refractivity contribution is 6.62. The third-order valence-corrected chi connectivity index (χ3v) is 8.18. The van der Waals surface area contributed by atoms with Crippen molar-refractivity contribution in [1.29, 1.82) is 0 Å². The van der Waals surface area contributed by atoms with Gasteiger partial charge >= 0.3 is 7.12 Å². The molecule has 0 amide bonds. The van der Waals surface area contributed by atoms with Crippen LogP contribution in [0, 0.1) is 0 Å². The van der Waals surface area contributed by atoms with E-state index in [0.717, 1.165) is 22.4 Å². The van der Waals surface area contributed by atoms with E-state index in [2.05, 4.69) is 140 Å². The summed E-state index contributed by atoms with van der Waals surface area (Å²) < 4.78 is 17.5. The molecule has 1 aliphatic rings. The highest BCUT2D eigenvalue weighted by Crippen LogP contribution is 2.39. The van der Waals surface area contributed by atoms with Gasteiger partial charge in [-0.25, -0.2) is 0 Å². The largest absolute Gasteiger partial charge is 0.494 e. The van der Waals surface area contributed by atoms with Gasteiger partial charge in [-0.05, 0) is 69.6 Å². The number of aromatic nitrogens is 2. The molecule has 182 valence electrons. The Hall–Kier alpha value is -3.80. The van der Waals surface area contributed by atoms with Gasteiger partial charge in [-0.1, -0.05) is 60.7 Å². The second kappa shape index (κ2) is 7.85. The molecule has 2 aromatic heterocycles. The monoisotopic (exact) mass is 484 g/mol. The van der Waals surface area contributed by atoms with Crippen LogP contribution in [0.3, 0.4) is 0 Å². The maximum Gasteiger partial charge on any atom is 0.494 e. The Morgan fingerprint density at radius 1 is 0.622 bits per heavy atom. The lowest BCUT2D eigenvalue weighted by Crippen LogP contribution is -2.41. The van der Waals surface area contributed by atoms with Crippen molar-refractivity contribution in [2.75, 3.05) is 0 Å². The molecule has 0 N–H and O–H groups in total. The zero-order valence-electron chi connectivity index (χ0n) is 21.6. The standard InChI is InChI=1S/C32H29BN2O2/c1-31(2)32(3,4)37-33(36-31)23-16-18-28-27(21-23)26-17-15-22-19-20-34(24-11-7-5-8-12-24)29(22)30(26)35(28)25-13-9-6-10-14-25/h5-21H,1-4H3. The van der Waals surface area contributed by atoms with Crippen molar-refractivity contribution in [3.8, 4) is 11.4 Å². The minimum absolute atomic E-state index is 0.382. The van der Waals surface area contributed by atoms with Crippen molar-refractivity contribution in [2.24, 2.45) is 0 Å². The molecule has 0 aliphatic carbocycles. The molecule has 1 aliphatic heterocycles. The summed E-state index contributed by atoms with van der Waals surface area (Å²) in [6.45, 7) is 8.39. The molecular weight excluding hydrogens is 455 g/mol. The number of rotatable bonds is 3. The smallest absolute Gasteiger partial charge is 0.399 e. The van der Waals surface area contributed by atoms with Crippen molar-refractivity contribution in [2.45, 2.75) is 38.9 Å². The predicted octanol–water partition coefficient (Wildman–Crippen LogP) is 7.03. The van der Waals surface area contributed by atoms with E-state index in [1.165, 1.54) is 27.2 Å². The summed E-state index contributed by atoms with van der Waals surface area (Å²) in [7, 11) is -0.401. The van der Waals surface area contributed by atoms with Crippen LogP contribution in [-0.4, -0.2) is 27.5 Å². The van der Waals surface area contributed by atoms with E-state index in [4.69, 9.17) is 9.31 Å². The first-order valence-electron chi connectivity index (χ1n) is 12.9. The van der Waals surface area contributed by atoms with Crippen molar-refractivity contribution < 1.29 is 9.31 Å². The third-order valence-electron chi connectivity index (χ3n) is 8.18. The van der Waals surface area contributed by atoms with Crippen LogP contribution in [0.1, 0.15) is 27.7 Å². The zero-order chi connectivity index (χ0) is 25.4. The second-order valence-corrected chi connectivity index (χ2v) is 11.0. The van der Waals surface area contributed by atoms with Crippen LogP contribution in [0.5, 0.6) is 0 Å². The van der Waals surface area contributed by atoms with Crippen LogP contribution in [0.2, 0.25) is 0 Å². The number of fused-ring (bicyclic) bond motifs is 5. The number of hydrogen-bond donors (Lipinski definition) is 0. The maximum absolute atomic E-state index is 6.40. The van der Waals surface area contributed by atoms with Gasteiger partial charge < -0.3 is 18.4 Å². The van der Waals surface area contributed by atoms with Crippen molar-refractivity contribution in [1.82, 2.24) is 9.13 Å². The average molecular weight is 484 g/mol. The summed E-state index contributed by atoms with van der Waals surface area (Å²) in [5.41, 5.74) is 6.11. The molecule has 0 saturated carbocycles. The Balaban J connectivity index is 1.54. The number of nitrogens with zero attached hydrogens (tertiary/aromatic N) is 2. The van der Waals surface area contributed by atoms with Gasteiger partial charge in [-0.3, -0.25) is 0 Å². The molecule has 4 aromatic carbocycles. The normalized spacial score (nSPS) is 16.8. The van der Waals surface area contributed by atoms with Gasteiger partial charge in [-0.15, -0.1) is 0 Å². The van der Waals surface area contributed by atoms with Crippen molar-refractivity contribution in [3.05, 3.63) is 103 Å². The number of benzene rings is 4. The van der Waals surface area contributed by atoms with Gasteiger partial charge in [-0.2, -0.15) is 0 Å². The Morgan fingerprint density at radius 3 is 1.95 bits per heavy atom. The minimum atomic E-state index is -0.401. The fourth-order valence-corrected chi connectivity index (χ4v) is 5.52. The lowest BCUT2D eigenvalue weighted by molar-refractivity contribution is 0.00578. The van der Waals surface area contributed by atoms with E-state index in [0.29, 0.717) is 0 Å². The lowest BCUT2D eigenvalue weighted by atomic mass is 9.78. The van der Waals surface area contributed by atoms with E-state index < -0.39 is 7.12 Å². The van der Waals surface area contributed by atoms with E-state index >= 15 is 0 Å². The fraction of sp³-hybridized carbons (Fsp3) is 0.188. The zero-order valence-corrected chi connectivity index (χ0v) is 21.6. The topological polar surface area (TPSA) is 28.3 Å². The van der Waals surface area contributed by atoms with Gasteiger partial charge in [0.2, 0.25) is 0 Å². The molecule has 37 heavy (non-hydrogen) atoms. The molecule has 5 heteroatoms. The third kappa shape index (κ3) is 3.31. The van der Waals surface area contributed by atoms with E-state index in [1.54, 1.807) is 0 Å². The molecule has 0 atom stereocenters. The van der Waals surface area contributed by atoms with Crippen molar-refractivity contribution in [3.63, 3.8) is 0 Å². The van der Waals surface area contributed by atoms with Gasteiger partial charge in [0.1, 0.15) is 0 Å². The maximum atomic E-state index is 6.40.